The van der Waals surface area contributed by atoms with Gasteiger partial charge < -0.3 is 79.8 Å². The van der Waals surface area contributed by atoms with Crippen LogP contribution in [-0.2, 0) is 68.7 Å². The molecule has 0 atom stereocenters. The van der Waals surface area contributed by atoms with E-state index in [1.807, 2.05) is 49.9 Å². The van der Waals surface area contributed by atoms with Crippen LogP contribution in [0.5, 0.6) is 28.7 Å². The molecule has 1 fully saturated rings. The van der Waals surface area contributed by atoms with Crippen LogP contribution in [0, 0.1) is 6.92 Å². The summed E-state index contributed by atoms with van der Waals surface area (Å²) in [6.07, 6.45) is 0.671. The number of amides is 7. The Kier molecular flexibility index (Phi) is 39.7. The maximum absolute atomic E-state index is 13.8. The molecule has 1 saturated heterocycles. The summed E-state index contributed by atoms with van der Waals surface area (Å²) in [5.41, 5.74) is 1.53. The third-order valence-electron chi connectivity index (χ3n) is 15.5. The van der Waals surface area contributed by atoms with Crippen molar-refractivity contribution in [2.75, 3.05) is 164 Å². The van der Waals surface area contributed by atoms with E-state index in [0.29, 0.717) is 71.1 Å². The van der Waals surface area contributed by atoms with E-state index < -0.39 is 65.4 Å². The third kappa shape index (κ3) is 35.0. The standard InChI is InChI=1S/C73H99N11O22/c1-51-58(18-10-22-62(51)102-52(2)85)71(95)78-30-28-76-67(93)48-84-37-35-82(47-66(92)75-26-14-40-98-42-44-100-45-43-99-41-15-27-80-73(97)101-50-57-16-8-7-9-17-57)33-32-81(46-65(91)74-25-13-21-61(90)59-19-11-23-63(103-53(3)86)69(59)105-55(5)88)34-36-83(38-39-84)49-68(94)77-29-31-79-72(96)60-20-12-24-64(104-54(4)87)70(60)106-56(6)89/h7-12,16-20,22-24H,13-15,21,25-50H2,1-6H3,(H,74,91)(H,75,92)(H,76,93)(H,77,94)(H,78,95)(H,79,96)(H,80,97). The number of hydrogen-bond donors (Lipinski definition) is 7. The molecule has 0 bridgehead atoms. The van der Waals surface area contributed by atoms with Gasteiger partial charge >= 0.3 is 35.9 Å². The molecule has 1 aliphatic heterocycles. The van der Waals surface area contributed by atoms with Crippen LogP contribution in [0.4, 0.5) is 4.79 Å². The molecule has 4 aromatic rings. The highest BCUT2D eigenvalue weighted by atomic mass is 16.6. The number of benzene rings is 4. The fourth-order valence-corrected chi connectivity index (χ4v) is 10.4. The molecule has 0 aromatic heterocycles. The molecule has 1 heterocycles. The quantitative estimate of drug-likeness (QED) is 0.0144. The first-order chi connectivity index (χ1) is 50.9. The number of nitrogens with one attached hydrogen (secondary N) is 7. The van der Waals surface area contributed by atoms with Crippen molar-refractivity contribution in [2.45, 2.75) is 73.8 Å². The maximum atomic E-state index is 13.8. The Hall–Kier alpha value is -10.3. The normalized spacial score (nSPS) is 13.0. The summed E-state index contributed by atoms with van der Waals surface area (Å²) in [6.45, 7) is 11.9. The molecule has 0 radical (unpaired) electrons. The Balaban J connectivity index is 1.21. The number of ketones is 1. The van der Waals surface area contributed by atoms with Gasteiger partial charge in [-0.15, -0.1) is 0 Å². The van der Waals surface area contributed by atoms with Crippen LogP contribution in [-0.4, -0.2) is 261 Å². The number of Topliss-reactive ketones (excluding diaryl/α,β-unsaturated/α-hetero) is 1. The first kappa shape index (κ1) is 86.4. The fourth-order valence-electron chi connectivity index (χ4n) is 10.4. The minimum Gasteiger partial charge on any atom is -0.445 e. The molecule has 0 spiro atoms. The molecule has 5 rings (SSSR count). The summed E-state index contributed by atoms with van der Waals surface area (Å²) in [5, 5.41) is 19.6. The lowest BCUT2D eigenvalue weighted by atomic mass is 10.0. The van der Waals surface area contributed by atoms with Crippen LogP contribution in [0.3, 0.4) is 0 Å². The maximum Gasteiger partial charge on any atom is 0.407 e. The van der Waals surface area contributed by atoms with Crippen molar-refractivity contribution in [3.63, 3.8) is 0 Å². The molecule has 0 aliphatic carbocycles. The van der Waals surface area contributed by atoms with E-state index in [1.54, 1.807) is 25.1 Å². The van der Waals surface area contributed by atoms with Gasteiger partial charge in [0.1, 0.15) is 12.4 Å². The highest BCUT2D eigenvalue weighted by Gasteiger charge is 2.26. The highest BCUT2D eigenvalue weighted by Crippen LogP contribution is 2.34. The Labute approximate surface area is 615 Å². The van der Waals surface area contributed by atoms with Crippen molar-refractivity contribution >= 4 is 77.2 Å². The topological polar surface area (TPSA) is 402 Å². The van der Waals surface area contributed by atoms with E-state index in [-0.39, 0.29) is 188 Å². The first-order valence-corrected chi connectivity index (χ1v) is 35.0. The van der Waals surface area contributed by atoms with Crippen molar-refractivity contribution in [3.05, 3.63) is 113 Å². The Morgan fingerprint density at radius 1 is 0.349 bits per heavy atom. The van der Waals surface area contributed by atoms with Crippen molar-refractivity contribution in [1.29, 1.82) is 0 Å². The van der Waals surface area contributed by atoms with E-state index in [0.717, 1.165) is 33.3 Å². The minimum absolute atomic E-state index is 0.00683. The van der Waals surface area contributed by atoms with Gasteiger partial charge in [0.2, 0.25) is 23.6 Å². The Bertz CT molecular complexity index is 3580. The summed E-state index contributed by atoms with van der Waals surface area (Å²) in [5.74, 6) is -7.04. The number of para-hydroxylation sites is 2. The van der Waals surface area contributed by atoms with Gasteiger partial charge in [-0.25, -0.2) is 4.79 Å². The van der Waals surface area contributed by atoms with Crippen LogP contribution >= 0.6 is 0 Å². The summed E-state index contributed by atoms with van der Waals surface area (Å²) < 4.78 is 48.2. The minimum atomic E-state index is -0.768. The van der Waals surface area contributed by atoms with Gasteiger partial charge in [0.05, 0.1) is 63.7 Å². The summed E-state index contributed by atoms with van der Waals surface area (Å²) in [7, 11) is 0. The monoisotopic (exact) mass is 1480 g/mol. The Morgan fingerprint density at radius 2 is 0.698 bits per heavy atom. The largest absolute Gasteiger partial charge is 0.445 e. The van der Waals surface area contributed by atoms with Crippen molar-refractivity contribution in [2.24, 2.45) is 0 Å². The lowest BCUT2D eigenvalue weighted by molar-refractivity contribution is -0.134. The lowest BCUT2D eigenvalue weighted by Gasteiger charge is -2.33. The van der Waals surface area contributed by atoms with E-state index in [1.165, 1.54) is 43.3 Å². The van der Waals surface area contributed by atoms with Crippen molar-refractivity contribution < 1.29 is 105 Å². The molecule has 0 unspecified atom stereocenters. The summed E-state index contributed by atoms with van der Waals surface area (Å²) >= 11 is 0. The number of esters is 5. The first-order valence-electron chi connectivity index (χ1n) is 35.0. The molecule has 0 saturated carbocycles. The molecule has 7 N–H and O–H groups in total. The van der Waals surface area contributed by atoms with E-state index in [4.69, 9.17) is 42.6 Å². The number of ether oxygens (including phenoxy) is 9. The molecule has 1 aliphatic rings. The number of rotatable bonds is 42. The summed E-state index contributed by atoms with van der Waals surface area (Å²) in [4.78, 5) is 174. The van der Waals surface area contributed by atoms with Gasteiger partial charge in [0.25, 0.3) is 11.8 Å². The van der Waals surface area contributed by atoms with Gasteiger partial charge in [0.15, 0.2) is 28.8 Å². The molecule has 578 valence electrons. The second kappa shape index (κ2) is 48.7. The van der Waals surface area contributed by atoms with E-state index >= 15 is 0 Å². The molecule has 33 heteroatoms. The van der Waals surface area contributed by atoms with E-state index in [9.17, 15) is 62.3 Å². The number of hydrogen-bond acceptors (Lipinski definition) is 26. The van der Waals surface area contributed by atoms with Crippen LogP contribution < -0.4 is 60.9 Å². The van der Waals surface area contributed by atoms with Gasteiger partial charge in [-0.2, -0.15) is 0 Å². The predicted molar refractivity (Wildman–Crippen MR) is 383 cm³/mol. The molecule has 7 amide bonds. The molecule has 106 heavy (non-hydrogen) atoms. The van der Waals surface area contributed by atoms with Crippen molar-refractivity contribution in [1.82, 2.24) is 56.8 Å². The number of carbonyl (C=O) groups excluding carboxylic acids is 13. The average molecular weight is 1480 g/mol. The molecular weight excluding hydrogens is 1380 g/mol. The van der Waals surface area contributed by atoms with Crippen LogP contribution in [0.15, 0.2) is 84.9 Å². The molecular formula is C73H99N11O22. The second-order valence-corrected chi connectivity index (χ2v) is 24.2. The molecule has 4 aromatic carbocycles. The van der Waals surface area contributed by atoms with Gasteiger partial charge in [-0.3, -0.25) is 77.1 Å². The van der Waals surface area contributed by atoms with Gasteiger partial charge in [-0.05, 0) is 68.1 Å². The number of alkyl carbamates (subject to hydrolysis) is 1. The average Bonchev–Trinajstić information content (AvgIpc) is 0.873. The van der Waals surface area contributed by atoms with Gasteiger partial charge in [-0.1, -0.05) is 48.5 Å². The smallest absolute Gasteiger partial charge is 0.407 e. The lowest BCUT2D eigenvalue weighted by Crippen LogP contribution is -2.51. The SMILES string of the molecule is CC(=O)Oc1cccc(C(=O)NCCNC(=O)CN2CCN(CC(=O)NCCCOCCOCCOCCCNC(=O)OCc3ccccc3)CCN(CC(=O)NCCCC(=O)c3cccc(OC(C)=O)c3OC(C)=O)CCN(CC(=O)NCCNC(=O)c3cccc(OC(C)=O)c3OC(C)=O)CC2)c1C. The van der Waals surface area contributed by atoms with Crippen LogP contribution in [0.1, 0.15) is 103 Å². The number of carbonyl (C=O) groups is 13. The zero-order chi connectivity index (χ0) is 77.0. The van der Waals surface area contributed by atoms with Crippen molar-refractivity contribution in [3.8, 4) is 28.7 Å². The predicted octanol–water partition coefficient (Wildman–Crippen LogP) is 1.89. The zero-order valence-corrected chi connectivity index (χ0v) is 61.1. The summed E-state index contributed by atoms with van der Waals surface area (Å²) in [6, 6.07) is 22.6. The molecule has 33 nitrogen and oxygen atoms in total. The van der Waals surface area contributed by atoms with Crippen LogP contribution in [0.25, 0.3) is 0 Å². The Morgan fingerprint density at radius 3 is 1.14 bits per heavy atom. The van der Waals surface area contributed by atoms with Gasteiger partial charge in [0, 0.05) is 164 Å². The third-order valence-corrected chi connectivity index (χ3v) is 15.5. The zero-order valence-electron chi connectivity index (χ0n) is 61.1. The van der Waals surface area contributed by atoms with Crippen LogP contribution in [0.2, 0.25) is 0 Å². The van der Waals surface area contributed by atoms with E-state index in [2.05, 4.69) is 37.2 Å². The highest BCUT2D eigenvalue weighted by molar-refractivity contribution is 6.01. The fraction of sp³-hybridized carbons (Fsp3) is 0.493. The second-order valence-electron chi connectivity index (χ2n) is 24.2. The number of nitrogens with zero attached hydrogens (tertiary/aromatic N) is 4.